The topological polar surface area (TPSA) is 93.8 Å². The zero-order chi connectivity index (χ0) is 13.9. The molecule has 3 aromatic rings. The van der Waals surface area contributed by atoms with Gasteiger partial charge in [0.05, 0.1) is 16.0 Å². The van der Waals surface area contributed by atoms with Crippen molar-refractivity contribution in [2.24, 2.45) is 0 Å². The standard InChI is InChI=1S/C11H9N5OS3/c12-6-1-2-7-8(3-6)19-10(15-7)16-9(17)4-18-11-13-5-14-20-11/h1-3,5H,4,12H2,(H,15,16,17). The fourth-order valence-electron chi connectivity index (χ4n) is 1.50. The average molecular weight is 323 g/mol. The molecule has 0 aliphatic heterocycles. The van der Waals surface area contributed by atoms with Gasteiger partial charge in [0, 0.05) is 5.69 Å². The Morgan fingerprint density at radius 2 is 2.35 bits per heavy atom. The summed E-state index contributed by atoms with van der Waals surface area (Å²) in [5, 5.41) is 3.35. The number of rotatable bonds is 4. The maximum atomic E-state index is 11.8. The minimum atomic E-state index is -0.114. The molecule has 6 nitrogen and oxygen atoms in total. The second kappa shape index (κ2) is 5.73. The fourth-order valence-corrected chi connectivity index (χ4v) is 3.68. The minimum Gasteiger partial charge on any atom is -0.399 e. The Morgan fingerprint density at radius 3 is 3.15 bits per heavy atom. The molecule has 0 fully saturated rings. The normalized spacial score (nSPS) is 10.8. The van der Waals surface area contributed by atoms with Crippen molar-refractivity contribution in [3.8, 4) is 0 Å². The number of aromatic nitrogens is 3. The van der Waals surface area contributed by atoms with Crippen LogP contribution in [-0.4, -0.2) is 26.0 Å². The van der Waals surface area contributed by atoms with E-state index in [1.54, 1.807) is 6.07 Å². The van der Waals surface area contributed by atoms with Crippen LogP contribution in [0.25, 0.3) is 10.2 Å². The number of nitrogens with two attached hydrogens (primary N) is 1. The van der Waals surface area contributed by atoms with Gasteiger partial charge >= 0.3 is 0 Å². The highest BCUT2D eigenvalue weighted by Crippen LogP contribution is 2.27. The van der Waals surface area contributed by atoms with Crippen molar-refractivity contribution in [1.29, 1.82) is 0 Å². The van der Waals surface area contributed by atoms with Crippen molar-refractivity contribution in [2.75, 3.05) is 16.8 Å². The van der Waals surface area contributed by atoms with Crippen LogP contribution in [0.3, 0.4) is 0 Å². The number of nitrogens with one attached hydrogen (secondary N) is 1. The van der Waals surface area contributed by atoms with Gasteiger partial charge in [-0.25, -0.2) is 9.97 Å². The molecule has 9 heteroatoms. The van der Waals surface area contributed by atoms with Crippen molar-refractivity contribution in [2.45, 2.75) is 4.34 Å². The lowest BCUT2D eigenvalue weighted by atomic mass is 10.3. The number of thiazole rings is 1. The second-order valence-electron chi connectivity index (χ2n) is 3.79. The molecule has 1 amide bonds. The molecule has 0 saturated heterocycles. The molecule has 0 unspecified atom stereocenters. The molecule has 3 rings (SSSR count). The number of fused-ring (bicyclic) bond motifs is 1. The highest BCUT2D eigenvalue weighted by molar-refractivity contribution is 8.01. The molecule has 0 atom stereocenters. The molecule has 2 heterocycles. The van der Waals surface area contributed by atoms with Crippen LogP contribution in [0.4, 0.5) is 10.8 Å². The lowest BCUT2D eigenvalue weighted by Crippen LogP contribution is -2.13. The van der Waals surface area contributed by atoms with Gasteiger partial charge in [-0.05, 0) is 29.7 Å². The highest BCUT2D eigenvalue weighted by atomic mass is 32.2. The van der Waals surface area contributed by atoms with E-state index in [4.69, 9.17) is 5.73 Å². The predicted molar refractivity (Wildman–Crippen MR) is 83.3 cm³/mol. The van der Waals surface area contributed by atoms with Gasteiger partial charge in [0.1, 0.15) is 6.33 Å². The molecule has 102 valence electrons. The van der Waals surface area contributed by atoms with Crippen molar-refractivity contribution >= 4 is 61.6 Å². The second-order valence-corrected chi connectivity index (χ2v) is 6.82. The smallest absolute Gasteiger partial charge is 0.236 e. The Balaban J connectivity index is 1.65. The van der Waals surface area contributed by atoms with E-state index >= 15 is 0 Å². The van der Waals surface area contributed by atoms with Gasteiger partial charge < -0.3 is 11.1 Å². The van der Waals surface area contributed by atoms with Crippen LogP contribution in [0.1, 0.15) is 0 Å². The molecule has 0 saturated carbocycles. The van der Waals surface area contributed by atoms with E-state index < -0.39 is 0 Å². The van der Waals surface area contributed by atoms with E-state index in [-0.39, 0.29) is 11.7 Å². The summed E-state index contributed by atoms with van der Waals surface area (Å²) in [6.45, 7) is 0. The maximum Gasteiger partial charge on any atom is 0.236 e. The number of benzene rings is 1. The van der Waals surface area contributed by atoms with E-state index in [0.717, 1.165) is 14.6 Å². The van der Waals surface area contributed by atoms with Crippen LogP contribution < -0.4 is 11.1 Å². The van der Waals surface area contributed by atoms with Gasteiger partial charge in [0.25, 0.3) is 0 Å². The monoisotopic (exact) mass is 323 g/mol. The first-order valence-electron chi connectivity index (χ1n) is 5.56. The molecule has 0 spiro atoms. The van der Waals surface area contributed by atoms with Crippen LogP contribution in [0.2, 0.25) is 0 Å². The summed E-state index contributed by atoms with van der Waals surface area (Å²) in [7, 11) is 0. The number of anilines is 2. The number of carbonyl (C=O) groups excluding carboxylic acids is 1. The van der Waals surface area contributed by atoms with Gasteiger partial charge in [0.2, 0.25) is 5.91 Å². The Morgan fingerprint density at radius 1 is 1.45 bits per heavy atom. The first-order valence-corrected chi connectivity index (χ1v) is 8.13. The Hall–Kier alpha value is -1.71. The zero-order valence-electron chi connectivity index (χ0n) is 10.1. The number of carbonyl (C=O) groups is 1. The van der Waals surface area contributed by atoms with Crippen LogP contribution in [0.15, 0.2) is 28.9 Å². The molecule has 0 aliphatic rings. The van der Waals surface area contributed by atoms with Crippen LogP contribution >= 0.6 is 34.6 Å². The molecule has 1 aromatic carbocycles. The maximum absolute atomic E-state index is 11.8. The minimum absolute atomic E-state index is 0.114. The number of amides is 1. The van der Waals surface area contributed by atoms with Crippen molar-refractivity contribution in [3.05, 3.63) is 24.5 Å². The number of hydrogen-bond acceptors (Lipinski definition) is 8. The Labute approximate surface area is 126 Å². The van der Waals surface area contributed by atoms with Gasteiger partial charge in [0.15, 0.2) is 9.47 Å². The third-order valence-electron chi connectivity index (χ3n) is 2.33. The average Bonchev–Trinajstić information content (AvgIpc) is 3.04. The first kappa shape index (κ1) is 13.3. The van der Waals surface area contributed by atoms with Gasteiger partial charge in [-0.1, -0.05) is 23.1 Å². The molecule has 20 heavy (non-hydrogen) atoms. The largest absolute Gasteiger partial charge is 0.399 e. The summed E-state index contributed by atoms with van der Waals surface area (Å²) < 4.78 is 5.61. The predicted octanol–water partition coefficient (Wildman–Crippen LogP) is 2.46. The highest BCUT2D eigenvalue weighted by Gasteiger charge is 2.09. The summed E-state index contributed by atoms with van der Waals surface area (Å²) >= 11 is 4.03. The van der Waals surface area contributed by atoms with E-state index in [0.29, 0.717) is 10.8 Å². The summed E-state index contributed by atoms with van der Waals surface area (Å²) in [5.41, 5.74) is 7.23. The molecule has 2 aromatic heterocycles. The summed E-state index contributed by atoms with van der Waals surface area (Å²) in [4.78, 5) is 20.2. The lowest BCUT2D eigenvalue weighted by molar-refractivity contribution is -0.113. The Bertz CT molecular complexity index is 740. The SMILES string of the molecule is Nc1ccc2nc(NC(=O)CSc3ncns3)sc2c1. The van der Waals surface area contributed by atoms with Crippen molar-refractivity contribution in [1.82, 2.24) is 14.3 Å². The van der Waals surface area contributed by atoms with Crippen LogP contribution in [0, 0.1) is 0 Å². The van der Waals surface area contributed by atoms with Gasteiger partial charge in [-0.3, -0.25) is 4.79 Å². The third kappa shape index (κ3) is 3.06. The van der Waals surface area contributed by atoms with Crippen LogP contribution in [-0.2, 0) is 4.79 Å². The molecular weight excluding hydrogens is 314 g/mol. The summed E-state index contributed by atoms with van der Waals surface area (Å²) in [5.74, 6) is 0.171. The van der Waals surface area contributed by atoms with Crippen LogP contribution in [0.5, 0.6) is 0 Å². The number of thioether (sulfide) groups is 1. The molecule has 0 aliphatic carbocycles. The molecule has 3 N–H and O–H groups in total. The van der Waals surface area contributed by atoms with E-state index in [1.807, 2.05) is 12.1 Å². The van der Waals surface area contributed by atoms with Crippen molar-refractivity contribution < 1.29 is 4.79 Å². The van der Waals surface area contributed by atoms with Gasteiger partial charge in [-0.15, -0.1) is 0 Å². The number of hydrogen-bond donors (Lipinski definition) is 2. The van der Waals surface area contributed by atoms with Crippen molar-refractivity contribution in [3.63, 3.8) is 0 Å². The lowest BCUT2D eigenvalue weighted by Gasteiger charge is -1.98. The summed E-state index contributed by atoms with van der Waals surface area (Å²) in [6.07, 6.45) is 1.48. The quantitative estimate of drug-likeness (QED) is 0.566. The molecule has 0 bridgehead atoms. The van der Waals surface area contributed by atoms with E-state index in [2.05, 4.69) is 19.7 Å². The number of nitrogen functional groups attached to an aromatic ring is 1. The van der Waals surface area contributed by atoms with Gasteiger partial charge in [-0.2, -0.15) is 4.37 Å². The summed E-state index contributed by atoms with van der Waals surface area (Å²) in [6, 6.07) is 5.48. The zero-order valence-corrected chi connectivity index (χ0v) is 12.5. The fraction of sp³-hybridized carbons (Fsp3) is 0.0909. The van der Waals surface area contributed by atoms with E-state index in [1.165, 1.54) is 41.0 Å². The molecular formula is C11H9N5OS3. The van der Waals surface area contributed by atoms with E-state index in [9.17, 15) is 4.79 Å². The Kier molecular flexibility index (Phi) is 3.81. The molecule has 0 radical (unpaired) electrons. The first-order chi connectivity index (χ1) is 9.70. The third-order valence-corrected chi connectivity index (χ3v) is 5.06. The number of nitrogens with zero attached hydrogens (tertiary/aromatic N) is 3.